The topological polar surface area (TPSA) is 89.8 Å². The number of para-hydroxylation sites is 1. The van der Waals surface area contributed by atoms with Crippen LogP contribution in [0.3, 0.4) is 0 Å². The molecule has 1 aromatic heterocycles. The number of amides is 1. The highest BCUT2D eigenvalue weighted by molar-refractivity contribution is 8.00. The monoisotopic (exact) mass is 401 g/mol. The predicted octanol–water partition coefficient (Wildman–Crippen LogP) is 3.64. The highest BCUT2D eigenvalue weighted by Gasteiger charge is 2.20. The van der Waals surface area contributed by atoms with Gasteiger partial charge in [-0.05, 0) is 54.6 Å². The molecule has 1 N–H and O–H groups in total. The first-order valence-corrected chi connectivity index (χ1v) is 9.33. The maximum atomic E-state index is 12.6. The van der Waals surface area contributed by atoms with E-state index in [0.717, 1.165) is 0 Å². The van der Waals surface area contributed by atoms with E-state index in [2.05, 4.69) is 20.8 Å². The number of carbonyl (C=O) groups excluding carboxylic acids is 2. The number of anilines is 1. The number of Topliss-reactive ketones (excluding diaryl/α,β-unsaturated/α-hetero) is 1. The van der Waals surface area contributed by atoms with Crippen molar-refractivity contribution in [3.63, 3.8) is 0 Å². The zero-order chi connectivity index (χ0) is 19.4. The van der Waals surface area contributed by atoms with Crippen molar-refractivity contribution in [2.24, 2.45) is 0 Å². The number of hydrogen-bond acceptors (Lipinski definition) is 6. The van der Waals surface area contributed by atoms with Crippen LogP contribution in [0.1, 0.15) is 24.2 Å². The number of aromatic nitrogens is 4. The molecular formula is C18H16ClN5O2S. The Morgan fingerprint density at radius 3 is 2.70 bits per heavy atom. The summed E-state index contributed by atoms with van der Waals surface area (Å²) in [6.45, 7) is 3.20. The van der Waals surface area contributed by atoms with Gasteiger partial charge >= 0.3 is 0 Å². The fraction of sp³-hybridized carbons (Fsp3) is 0.167. The summed E-state index contributed by atoms with van der Waals surface area (Å²) in [6.07, 6.45) is 0. The van der Waals surface area contributed by atoms with E-state index in [1.807, 2.05) is 6.07 Å². The second-order valence-electron chi connectivity index (χ2n) is 5.70. The van der Waals surface area contributed by atoms with E-state index in [-0.39, 0.29) is 11.7 Å². The third-order valence-electron chi connectivity index (χ3n) is 3.71. The fourth-order valence-corrected chi connectivity index (χ4v) is 3.36. The SMILES string of the molecule is CC(=O)c1ccccc1NC(=O)[C@@H](C)Sc1nnnn1-c1cccc(Cl)c1. The van der Waals surface area contributed by atoms with Crippen molar-refractivity contribution in [1.29, 1.82) is 0 Å². The van der Waals surface area contributed by atoms with E-state index in [9.17, 15) is 9.59 Å². The summed E-state index contributed by atoms with van der Waals surface area (Å²) in [6, 6.07) is 14.0. The van der Waals surface area contributed by atoms with Crippen molar-refractivity contribution in [3.8, 4) is 5.69 Å². The number of nitrogens with one attached hydrogen (secondary N) is 1. The molecule has 1 atom stereocenters. The van der Waals surface area contributed by atoms with E-state index in [1.165, 1.54) is 23.4 Å². The number of carbonyl (C=O) groups is 2. The molecular weight excluding hydrogens is 386 g/mol. The quantitative estimate of drug-likeness (QED) is 0.501. The van der Waals surface area contributed by atoms with Crippen molar-refractivity contribution in [1.82, 2.24) is 20.2 Å². The number of benzene rings is 2. The summed E-state index contributed by atoms with van der Waals surface area (Å²) in [7, 11) is 0. The summed E-state index contributed by atoms with van der Waals surface area (Å²) in [5.74, 6) is -0.370. The molecule has 0 aliphatic carbocycles. The Bertz CT molecular complexity index is 991. The predicted molar refractivity (Wildman–Crippen MR) is 105 cm³/mol. The molecule has 1 amide bonds. The average molecular weight is 402 g/mol. The van der Waals surface area contributed by atoms with Crippen molar-refractivity contribution in [2.45, 2.75) is 24.3 Å². The van der Waals surface area contributed by atoms with E-state index in [1.54, 1.807) is 49.4 Å². The maximum Gasteiger partial charge on any atom is 0.237 e. The molecule has 138 valence electrons. The maximum absolute atomic E-state index is 12.6. The minimum Gasteiger partial charge on any atom is -0.324 e. The molecule has 3 aromatic rings. The summed E-state index contributed by atoms with van der Waals surface area (Å²) >= 11 is 7.23. The Morgan fingerprint density at radius 1 is 1.19 bits per heavy atom. The number of halogens is 1. The van der Waals surface area contributed by atoms with Crippen LogP contribution in [0.2, 0.25) is 5.02 Å². The lowest BCUT2D eigenvalue weighted by atomic mass is 10.1. The number of hydrogen-bond donors (Lipinski definition) is 1. The number of thioether (sulfide) groups is 1. The molecule has 3 rings (SSSR count). The van der Waals surface area contributed by atoms with Gasteiger partial charge in [-0.25, -0.2) is 0 Å². The van der Waals surface area contributed by atoms with E-state index in [0.29, 0.717) is 27.1 Å². The van der Waals surface area contributed by atoms with Crippen molar-refractivity contribution >= 4 is 40.7 Å². The number of nitrogens with zero attached hydrogens (tertiary/aromatic N) is 4. The third kappa shape index (κ3) is 4.53. The molecule has 2 aromatic carbocycles. The minimum atomic E-state index is -0.492. The van der Waals surface area contributed by atoms with Gasteiger partial charge < -0.3 is 5.32 Å². The lowest BCUT2D eigenvalue weighted by molar-refractivity contribution is -0.115. The smallest absolute Gasteiger partial charge is 0.237 e. The van der Waals surface area contributed by atoms with Crippen LogP contribution in [0.15, 0.2) is 53.7 Å². The third-order valence-corrected chi connectivity index (χ3v) is 4.98. The lowest BCUT2D eigenvalue weighted by Crippen LogP contribution is -2.24. The zero-order valence-corrected chi connectivity index (χ0v) is 16.2. The van der Waals surface area contributed by atoms with Crippen LogP contribution in [0.25, 0.3) is 5.69 Å². The van der Waals surface area contributed by atoms with Crippen LogP contribution in [0, 0.1) is 0 Å². The Hall–Kier alpha value is -2.71. The van der Waals surface area contributed by atoms with E-state index < -0.39 is 5.25 Å². The Balaban J connectivity index is 1.75. The van der Waals surface area contributed by atoms with E-state index >= 15 is 0 Å². The van der Waals surface area contributed by atoms with Gasteiger partial charge in [-0.3, -0.25) is 9.59 Å². The van der Waals surface area contributed by atoms with Crippen LogP contribution in [0.5, 0.6) is 0 Å². The summed E-state index contributed by atoms with van der Waals surface area (Å²) in [5, 5.41) is 15.0. The van der Waals surface area contributed by atoms with Gasteiger partial charge in [-0.15, -0.1) is 5.10 Å². The van der Waals surface area contributed by atoms with Gasteiger partial charge in [0.15, 0.2) is 5.78 Å². The summed E-state index contributed by atoms with van der Waals surface area (Å²) in [5.41, 5.74) is 1.65. The zero-order valence-electron chi connectivity index (χ0n) is 14.6. The Kier molecular flexibility index (Phi) is 5.88. The molecule has 0 saturated heterocycles. The normalized spacial score (nSPS) is 11.8. The fourth-order valence-electron chi connectivity index (χ4n) is 2.37. The molecule has 0 aliphatic heterocycles. The van der Waals surface area contributed by atoms with Crippen molar-refractivity contribution in [3.05, 3.63) is 59.1 Å². The van der Waals surface area contributed by atoms with Gasteiger partial charge in [-0.1, -0.05) is 41.6 Å². The van der Waals surface area contributed by atoms with Gasteiger partial charge in [0.1, 0.15) is 0 Å². The second kappa shape index (κ2) is 8.32. The Morgan fingerprint density at radius 2 is 1.96 bits per heavy atom. The molecule has 0 unspecified atom stereocenters. The number of ketones is 1. The van der Waals surface area contributed by atoms with Crippen molar-refractivity contribution in [2.75, 3.05) is 5.32 Å². The molecule has 0 bridgehead atoms. The Labute approximate surface area is 165 Å². The van der Waals surface area contributed by atoms with Crippen LogP contribution >= 0.6 is 23.4 Å². The summed E-state index contributed by atoms with van der Waals surface area (Å²) in [4.78, 5) is 24.3. The molecule has 7 nitrogen and oxygen atoms in total. The molecule has 0 saturated carbocycles. The molecule has 0 aliphatic rings. The van der Waals surface area contributed by atoms with Crippen molar-refractivity contribution < 1.29 is 9.59 Å². The standard InChI is InChI=1S/C18H16ClN5O2S/c1-11(25)15-8-3-4-9-16(15)20-17(26)12(2)27-18-21-22-23-24(18)14-7-5-6-13(19)10-14/h3-10,12H,1-2H3,(H,20,26)/t12-/m1/s1. The average Bonchev–Trinajstić information content (AvgIpc) is 3.10. The van der Waals surface area contributed by atoms with Crippen LogP contribution < -0.4 is 5.32 Å². The molecule has 9 heteroatoms. The molecule has 0 fully saturated rings. The number of tetrazole rings is 1. The van der Waals surface area contributed by atoms with Gasteiger partial charge in [0.2, 0.25) is 11.1 Å². The van der Waals surface area contributed by atoms with Crippen LogP contribution in [-0.4, -0.2) is 37.1 Å². The van der Waals surface area contributed by atoms with Gasteiger partial charge in [-0.2, -0.15) is 4.68 Å². The second-order valence-corrected chi connectivity index (χ2v) is 7.45. The van der Waals surface area contributed by atoms with Gasteiger partial charge in [0.05, 0.1) is 16.6 Å². The molecule has 0 spiro atoms. The largest absolute Gasteiger partial charge is 0.324 e. The van der Waals surface area contributed by atoms with Gasteiger partial charge in [0.25, 0.3) is 0 Å². The number of rotatable bonds is 6. The molecule has 27 heavy (non-hydrogen) atoms. The van der Waals surface area contributed by atoms with E-state index in [4.69, 9.17) is 11.6 Å². The van der Waals surface area contributed by atoms with Crippen LogP contribution in [-0.2, 0) is 4.79 Å². The highest BCUT2D eigenvalue weighted by Crippen LogP contribution is 2.25. The highest BCUT2D eigenvalue weighted by atomic mass is 35.5. The first kappa shape index (κ1) is 19.1. The molecule has 1 heterocycles. The minimum absolute atomic E-state index is 0.115. The molecule has 0 radical (unpaired) electrons. The first-order valence-electron chi connectivity index (χ1n) is 8.07. The van der Waals surface area contributed by atoms with Gasteiger partial charge in [0, 0.05) is 10.6 Å². The van der Waals surface area contributed by atoms with Crippen LogP contribution in [0.4, 0.5) is 5.69 Å². The lowest BCUT2D eigenvalue weighted by Gasteiger charge is -2.13. The first-order chi connectivity index (χ1) is 13.0. The summed E-state index contributed by atoms with van der Waals surface area (Å²) < 4.78 is 1.52.